The number of rotatable bonds is 5. The molecule has 0 spiro atoms. The molecule has 2 heterocycles. The van der Waals surface area contributed by atoms with E-state index >= 15 is 0 Å². The Morgan fingerprint density at radius 1 is 0.397 bits per heavy atom. The topological polar surface area (TPSA) is 24.9 Å². The molecule has 11 aromatic rings. The van der Waals surface area contributed by atoms with Crippen molar-refractivity contribution in [2.75, 3.05) is 9.80 Å². The van der Waals surface area contributed by atoms with Crippen molar-refractivity contribution in [3.63, 3.8) is 0 Å². The van der Waals surface area contributed by atoms with Crippen LogP contribution in [-0.2, 0) is 5.41 Å². The number of benzene rings is 11. The predicted octanol–water partition coefficient (Wildman–Crippen LogP) is 19.1. The smallest absolute Gasteiger partial charge is 0.151 e. The van der Waals surface area contributed by atoms with E-state index in [1.165, 1.54) is 88.0 Å². The molecule has 0 radical (unpaired) electrons. The molecular formula is C69H48N2O2. The fraction of sp³-hybridized carbons (Fsp3) is 0.0725. The molecule has 4 nitrogen and oxygen atoms in total. The molecule has 0 aromatic heterocycles. The Morgan fingerprint density at radius 3 is 1.73 bits per heavy atom. The van der Waals surface area contributed by atoms with Gasteiger partial charge in [-0.25, -0.2) is 0 Å². The molecule has 0 fully saturated rings. The van der Waals surface area contributed by atoms with Gasteiger partial charge in [-0.3, -0.25) is 0 Å². The van der Waals surface area contributed by atoms with E-state index in [1.807, 2.05) is 12.1 Å². The first kappa shape index (κ1) is 41.6. The number of fused-ring (bicyclic) bond motifs is 9. The molecule has 0 amide bonds. The van der Waals surface area contributed by atoms with E-state index in [-0.39, 0.29) is 5.41 Å². The van der Waals surface area contributed by atoms with E-state index in [0.717, 1.165) is 70.0 Å². The third kappa shape index (κ3) is 6.26. The Kier molecular flexibility index (Phi) is 9.10. The van der Waals surface area contributed by atoms with Gasteiger partial charge in [-0.15, -0.1) is 0 Å². The van der Waals surface area contributed by atoms with Gasteiger partial charge in [-0.1, -0.05) is 172 Å². The minimum atomic E-state index is -0.186. The van der Waals surface area contributed by atoms with Crippen molar-refractivity contribution in [1.29, 1.82) is 0 Å². The number of hydrogen-bond donors (Lipinski definition) is 0. The average molecular weight is 937 g/mol. The van der Waals surface area contributed by atoms with Gasteiger partial charge in [0, 0.05) is 23.2 Å². The maximum atomic E-state index is 6.66. The first-order chi connectivity index (χ1) is 36.0. The Morgan fingerprint density at radius 2 is 0.959 bits per heavy atom. The largest absolute Gasteiger partial charge is 0.457 e. The first-order valence-corrected chi connectivity index (χ1v) is 25.5. The Bertz CT molecular complexity index is 4160. The summed E-state index contributed by atoms with van der Waals surface area (Å²) in [5.74, 6) is 3.53. The van der Waals surface area contributed by atoms with Gasteiger partial charge in [0.1, 0.15) is 5.76 Å². The first-order valence-electron chi connectivity index (χ1n) is 25.5. The Balaban J connectivity index is 1.08. The summed E-state index contributed by atoms with van der Waals surface area (Å²) in [4.78, 5) is 4.79. The van der Waals surface area contributed by atoms with Crippen LogP contribution in [0.2, 0.25) is 0 Å². The number of para-hydroxylation sites is 6. The predicted molar refractivity (Wildman–Crippen MR) is 302 cm³/mol. The lowest BCUT2D eigenvalue weighted by Gasteiger charge is -2.35. The van der Waals surface area contributed by atoms with E-state index in [0.29, 0.717) is 0 Å². The zero-order valence-electron chi connectivity index (χ0n) is 40.6. The van der Waals surface area contributed by atoms with E-state index < -0.39 is 0 Å². The monoisotopic (exact) mass is 936 g/mol. The number of allylic oxidation sites excluding steroid dienone is 3. The van der Waals surface area contributed by atoms with Crippen LogP contribution in [0, 0.1) is 0 Å². The summed E-state index contributed by atoms with van der Waals surface area (Å²) >= 11 is 0. The second-order valence-electron chi connectivity index (χ2n) is 20.2. The van der Waals surface area contributed by atoms with Crippen molar-refractivity contribution in [3.05, 3.63) is 253 Å². The molecule has 0 saturated carbocycles. The zero-order valence-corrected chi connectivity index (χ0v) is 40.6. The average Bonchev–Trinajstić information content (AvgIpc) is 3.68. The molecule has 15 rings (SSSR count). The number of ether oxygens (including phenoxy) is 2. The Hall–Kier alpha value is -9.12. The lowest BCUT2D eigenvalue weighted by molar-refractivity contribution is 0.388. The highest BCUT2D eigenvalue weighted by molar-refractivity contribution is 6.24. The highest BCUT2D eigenvalue weighted by atomic mass is 16.5. The van der Waals surface area contributed by atoms with Crippen LogP contribution in [0.5, 0.6) is 17.2 Å². The molecule has 4 aliphatic rings. The van der Waals surface area contributed by atoms with E-state index in [9.17, 15) is 0 Å². The second-order valence-corrected chi connectivity index (χ2v) is 20.2. The van der Waals surface area contributed by atoms with Crippen molar-refractivity contribution in [3.8, 4) is 61.8 Å². The zero-order chi connectivity index (χ0) is 48.4. The van der Waals surface area contributed by atoms with Crippen LogP contribution >= 0.6 is 0 Å². The Labute approximate surface area is 425 Å². The minimum Gasteiger partial charge on any atom is -0.457 e. The molecule has 2 aliphatic carbocycles. The normalized spacial score (nSPS) is 14.8. The van der Waals surface area contributed by atoms with E-state index in [2.05, 4.69) is 242 Å². The standard InChI is InChI=1S/C69H48N2O2/c1-69(2)57-25-8-7-22-50(57)51-37-34-44(40-58(51)69)67-53-38-35-46(71-61-28-11-15-32-65(61)73-66-33-16-12-29-62(66)71)42-56(53)68(52-23-6-5-21-49(52)48-24-17-19-43-18-3-4-20-47(43)48)54-39-36-45(41-55(54)67)70-59-26-9-13-30-63(59)72-64-31-14-10-27-60(64)70/h3-13,15-30,32-42H,14,31H2,1-2H3. The molecule has 0 N–H and O–H groups in total. The summed E-state index contributed by atoms with van der Waals surface area (Å²) in [6, 6.07) is 80.2. The van der Waals surface area contributed by atoms with Gasteiger partial charge in [0.2, 0.25) is 0 Å². The van der Waals surface area contributed by atoms with Crippen molar-refractivity contribution in [1.82, 2.24) is 0 Å². The van der Waals surface area contributed by atoms with Crippen LogP contribution in [0.15, 0.2) is 242 Å². The maximum absolute atomic E-state index is 6.66. The van der Waals surface area contributed by atoms with E-state index in [1.54, 1.807) is 0 Å². The summed E-state index contributed by atoms with van der Waals surface area (Å²) in [7, 11) is 0. The van der Waals surface area contributed by atoms with Crippen LogP contribution in [0.3, 0.4) is 0 Å². The van der Waals surface area contributed by atoms with Crippen molar-refractivity contribution < 1.29 is 9.47 Å². The van der Waals surface area contributed by atoms with Gasteiger partial charge in [-0.2, -0.15) is 0 Å². The molecule has 73 heavy (non-hydrogen) atoms. The van der Waals surface area contributed by atoms with Gasteiger partial charge in [0.15, 0.2) is 17.2 Å². The molecule has 0 bridgehead atoms. The fourth-order valence-corrected chi connectivity index (χ4v) is 12.5. The number of hydrogen-bond acceptors (Lipinski definition) is 4. The van der Waals surface area contributed by atoms with Crippen LogP contribution in [0.1, 0.15) is 37.8 Å². The van der Waals surface area contributed by atoms with Gasteiger partial charge in [0.25, 0.3) is 0 Å². The van der Waals surface area contributed by atoms with Crippen LogP contribution in [0.25, 0.3) is 76.8 Å². The fourth-order valence-electron chi connectivity index (χ4n) is 12.5. The lowest BCUT2D eigenvalue weighted by atomic mass is 9.80. The summed E-state index contributed by atoms with van der Waals surface area (Å²) in [5.41, 5.74) is 18.6. The molecule has 346 valence electrons. The second kappa shape index (κ2) is 15.9. The van der Waals surface area contributed by atoms with Gasteiger partial charge < -0.3 is 19.3 Å². The molecular weight excluding hydrogens is 889 g/mol. The summed E-state index contributed by atoms with van der Waals surface area (Å²) in [5, 5.41) is 7.15. The van der Waals surface area contributed by atoms with Crippen molar-refractivity contribution in [2.45, 2.75) is 32.1 Å². The molecule has 4 heteroatoms. The summed E-state index contributed by atoms with van der Waals surface area (Å²) in [6.45, 7) is 4.76. The van der Waals surface area contributed by atoms with Crippen molar-refractivity contribution in [2.24, 2.45) is 0 Å². The quantitative estimate of drug-likeness (QED) is 0.161. The van der Waals surface area contributed by atoms with Crippen LogP contribution < -0.4 is 19.3 Å². The molecule has 0 atom stereocenters. The van der Waals surface area contributed by atoms with Gasteiger partial charge in [-0.05, 0) is 167 Å². The number of nitrogens with zero attached hydrogens (tertiary/aromatic N) is 2. The minimum absolute atomic E-state index is 0.186. The van der Waals surface area contributed by atoms with Crippen LogP contribution in [-0.4, -0.2) is 0 Å². The highest BCUT2D eigenvalue weighted by Gasteiger charge is 2.36. The van der Waals surface area contributed by atoms with Crippen molar-refractivity contribution >= 4 is 60.8 Å². The molecule has 0 unspecified atom stereocenters. The lowest BCUT2D eigenvalue weighted by Crippen LogP contribution is -2.24. The van der Waals surface area contributed by atoms with Gasteiger partial charge >= 0.3 is 0 Å². The third-order valence-electron chi connectivity index (χ3n) is 15.9. The maximum Gasteiger partial charge on any atom is 0.151 e. The van der Waals surface area contributed by atoms with Crippen LogP contribution in [0.4, 0.5) is 28.4 Å². The summed E-state index contributed by atoms with van der Waals surface area (Å²) in [6.07, 6.45) is 6.32. The molecule has 2 aliphatic heterocycles. The van der Waals surface area contributed by atoms with E-state index in [4.69, 9.17) is 9.47 Å². The molecule has 11 aromatic carbocycles. The highest BCUT2D eigenvalue weighted by Crippen LogP contribution is 2.56. The summed E-state index contributed by atoms with van der Waals surface area (Å²) < 4.78 is 13.2. The van der Waals surface area contributed by atoms with Gasteiger partial charge in [0.05, 0.1) is 22.8 Å². The number of anilines is 5. The SMILES string of the molecule is CC1(C)c2ccccc2-c2ccc(-c3c4cc(N5C6=C(CCC=C6)Oc6ccccc65)ccc4c(-c4ccccc4-c4cccc5ccccc45)c4cc(N5c6ccccc6Oc6ccccc65)ccc34)cc21. The molecule has 0 saturated heterocycles. The third-order valence-corrected chi connectivity index (χ3v) is 15.9.